The van der Waals surface area contributed by atoms with Crippen LogP contribution in [0.3, 0.4) is 0 Å². The number of imide groups is 1. The molecule has 0 radical (unpaired) electrons. The van der Waals surface area contributed by atoms with E-state index in [0.29, 0.717) is 22.7 Å². The van der Waals surface area contributed by atoms with Crippen LogP contribution < -0.4 is 4.90 Å². The summed E-state index contributed by atoms with van der Waals surface area (Å²) >= 11 is 0. The number of urea groups is 1. The Bertz CT molecular complexity index is 1350. The molecule has 2 saturated heterocycles. The third-order valence-electron chi connectivity index (χ3n) is 6.32. The smallest absolute Gasteiger partial charge is 0.307 e. The van der Waals surface area contributed by atoms with E-state index in [1.54, 1.807) is 36.6 Å². The number of anilines is 1. The van der Waals surface area contributed by atoms with Crippen LogP contribution in [0.2, 0.25) is 0 Å². The number of rotatable bonds is 2. The fourth-order valence-corrected chi connectivity index (χ4v) is 4.54. The van der Waals surface area contributed by atoms with Crippen LogP contribution in [0, 0.1) is 23.5 Å². The zero-order chi connectivity index (χ0) is 24.7. The first-order chi connectivity index (χ1) is 16.8. The molecular weight excluding hydrogens is 454 g/mol. The molecule has 3 aliphatic heterocycles. The Hall–Kier alpha value is -4.32. The normalized spacial score (nSPS) is 21.6. The molecule has 0 saturated carbocycles. The van der Waals surface area contributed by atoms with Crippen LogP contribution in [-0.2, 0) is 9.59 Å². The average Bonchev–Trinajstić information content (AvgIpc) is 3.36. The van der Waals surface area contributed by atoms with Gasteiger partial charge in [-0.25, -0.2) is 18.5 Å². The van der Waals surface area contributed by atoms with Gasteiger partial charge in [0.05, 0.1) is 18.7 Å². The monoisotopic (exact) mass is 474 g/mol. The zero-order valence-corrected chi connectivity index (χ0v) is 18.8. The number of hydrogen-bond acceptors (Lipinski definition) is 4. The maximum atomic E-state index is 15.1. The summed E-state index contributed by atoms with van der Waals surface area (Å²) in [6, 6.07) is 9.95. The van der Waals surface area contributed by atoms with Crippen molar-refractivity contribution in [1.29, 1.82) is 0 Å². The van der Waals surface area contributed by atoms with Crippen molar-refractivity contribution in [3.05, 3.63) is 77.0 Å². The Morgan fingerprint density at radius 3 is 2.31 bits per heavy atom. The highest BCUT2D eigenvalue weighted by atomic mass is 19.1. The number of aliphatic imine (C=N–C) groups is 1. The third-order valence-corrected chi connectivity index (χ3v) is 6.32. The molecule has 2 aromatic rings. The van der Waals surface area contributed by atoms with Crippen LogP contribution in [-0.4, -0.2) is 59.0 Å². The molecule has 3 aliphatic rings. The van der Waals surface area contributed by atoms with Gasteiger partial charge in [0.25, 0.3) is 5.91 Å². The van der Waals surface area contributed by atoms with Crippen molar-refractivity contribution in [1.82, 2.24) is 9.80 Å². The zero-order valence-electron chi connectivity index (χ0n) is 18.8. The summed E-state index contributed by atoms with van der Waals surface area (Å²) in [6.07, 6.45) is 2.94. The second kappa shape index (κ2) is 8.47. The molecular formula is C26H20F2N4O3. The predicted molar refractivity (Wildman–Crippen MR) is 125 cm³/mol. The summed E-state index contributed by atoms with van der Waals surface area (Å²) in [5, 5.41) is 0. The van der Waals surface area contributed by atoms with E-state index in [2.05, 4.69) is 16.8 Å². The molecule has 176 valence electrons. The van der Waals surface area contributed by atoms with Gasteiger partial charge in [-0.05, 0) is 37.3 Å². The van der Waals surface area contributed by atoms with Crippen molar-refractivity contribution < 1.29 is 23.2 Å². The Morgan fingerprint density at radius 2 is 1.66 bits per heavy atom. The number of allylic oxidation sites excluding steroid dienone is 1. The fourth-order valence-electron chi connectivity index (χ4n) is 4.54. The number of benzene rings is 2. The number of amides is 4. The van der Waals surface area contributed by atoms with Gasteiger partial charge in [-0.1, -0.05) is 30.0 Å². The van der Waals surface area contributed by atoms with Crippen LogP contribution in [0.25, 0.3) is 0 Å². The van der Waals surface area contributed by atoms with Crippen LogP contribution in [0.5, 0.6) is 0 Å². The van der Waals surface area contributed by atoms with Gasteiger partial charge >= 0.3 is 6.03 Å². The van der Waals surface area contributed by atoms with Crippen LogP contribution in [0.4, 0.5) is 19.3 Å². The van der Waals surface area contributed by atoms with Crippen LogP contribution in [0.15, 0.2) is 59.2 Å². The Balaban J connectivity index is 1.45. The number of piperazine rings is 1. The molecule has 0 bridgehead atoms. The SMILES string of the molecule is C[C@@]12CC(=O)N(c3c(F)cc(C#Cc4ccccc4)cc3F)C(=O)N1CCN(C1=CCN=C1)C2=O. The van der Waals surface area contributed by atoms with Crippen molar-refractivity contribution in [2.75, 3.05) is 24.5 Å². The van der Waals surface area contributed by atoms with Gasteiger partial charge in [0.2, 0.25) is 5.91 Å². The van der Waals surface area contributed by atoms with E-state index in [1.165, 1.54) is 16.7 Å². The number of carbonyl (C=O) groups excluding carboxylic acids is 3. The summed E-state index contributed by atoms with van der Waals surface area (Å²) in [5.41, 5.74) is -0.893. The van der Waals surface area contributed by atoms with E-state index >= 15 is 8.78 Å². The first kappa shape index (κ1) is 22.5. The summed E-state index contributed by atoms with van der Waals surface area (Å²) in [5.74, 6) is 2.02. The van der Waals surface area contributed by atoms with Crippen LogP contribution in [0.1, 0.15) is 24.5 Å². The highest BCUT2D eigenvalue weighted by molar-refractivity contribution is 6.19. The van der Waals surface area contributed by atoms with Crippen LogP contribution >= 0.6 is 0 Å². The molecule has 2 aromatic carbocycles. The lowest BCUT2D eigenvalue weighted by Gasteiger charge is -2.51. The second-order valence-electron chi connectivity index (χ2n) is 8.60. The summed E-state index contributed by atoms with van der Waals surface area (Å²) in [4.78, 5) is 46.9. The lowest BCUT2D eigenvalue weighted by molar-refractivity contribution is -0.149. The molecule has 0 aliphatic carbocycles. The maximum Gasteiger partial charge on any atom is 0.332 e. The maximum absolute atomic E-state index is 15.1. The third kappa shape index (κ3) is 3.77. The summed E-state index contributed by atoms with van der Waals surface area (Å²) in [7, 11) is 0. The molecule has 9 heteroatoms. The minimum Gasteiger partial charge on any atom is -0.307 e. The van der Waals surface area contributed by atoms with Gasteiger partial charge in [-0.2, -0.15) is 0 Å². The summed E-state index contributed by atoms with van der Waals surface area (Å²) < 4.78 is 30.1. The predicted octanol–water partition coefficient (Wildman–Crippen LogP) is 3.09. The molecule has 0 unspecified atom stereocenters. The number of carbonyl (C=O) groups is 3. The van der Waals surface area contributed by atoms with Crippen molar-refractivity contribution in [3.63, 3.8) is 0 Å². The number of nitrogens with zero attached hydrogens (tertiary/aromatic N) is 4. The van der Waals surface area contributed by atoms with Crippen molar-refractivity contribution in [2.45, 2.75) is 18.9 Å². The molecule has 0 aromatic heterocycles. The lowest BCUT2D eigenvalue weighted by atomic mass is 9.88. The molecule has 2 fully saturated rings. The average molecular weight is 474 g/mol. The fraction of sp³-hybridized carbons (Fsp3) is 0.231. The molecule has 0 spiro atoms. The minimum atomic E-state index is -1.46. The first-order valence-electron chi connectivity index (χ1n) is 11.0. The molecule has 0 N–H and O–H groups in total. The van der Waals surface area contributed by atoms with E-state index in [0.717, 1.165) is 12.1 Å². The van der Waals surface area contributed by atoms with Crippen molar-refractivity contribution in [2.24, 2.45) is 4.99 Å². The van der Waals surface area contributed by atoms with Gasteiger partial charge in [-0.3, -0.25) is 14.6 Å². The molecule has 1 atom stereocenters. The first-order valence-corrected chi connectivity index (χ1v) is 11.0. The van der Waals surface area contributed by atoms with Gasteiger partial charge in [0.1, 0.15) is 11.2 Å². The van der Waals surface area contributed by atoms with Gasteiger partial charge < -0.3 is 9.80 Å². The lowest BCUT2D eigenvalue weighted by Crippen LogP contribution is -2.72. The topological polar surface area (TPSA) is 73.3 Å². The quantitative estimate of drug-likeness (QED) is 0.628. The Kier molecular flexibility index (Phi) is 5.44. The Labute approximate surface area is 200 Å². The van der Waals surface area contributed by atoms with Gasteiger partial charge in [-0.15, -0.1) is 0 Å². The van der Waals surface area contributed by atoms with Crippen molar-refractivity contribution in [3.8, 4) is 11.8 Å². The molecule has 35 heavy (non-hydrogen) atoms. The number of fused-ring (bicyclic) bond motifs is 1. The van der Waals surface area contributed by atoms with Gasteiger partial charge in [0, 0.05) is 30.4 Å². The largest absolute Gasteiger partial charge is 0.332 e. The number of hydrogen-bond donors (Lipinski definition) is 0. The highest BCUT2D eigenvalue weighted by Crippen LogP contribution is 2.37. The summed E-state index contributed by atoms with van der Waals surface area (Å²) in [6.45, 7) is 2.23. The van der Waals surface area contributed by atoms with E-state index < -0.39 is 47.1 Å². The standard InChI is InChI=1S/C26H20F2N4O3/c1-26-15-22(33)32(25(35)31(26)12-11-30(24(26)34)19-9-10-29-16-19)23-20(27)13-18(14-21(23)28)8-7-17-5-3-2-4-6-17/h2-6,9,13-14,16H,10-12,15H2,1H3/t26-/m0/s1. The van der Waals surface area contributed by atoms with E-state index in [1.807, 2.05) is 6.07 Å². The molecule has 5 rings (SSSR count). The molecule has 7 nitrogen and oxygen atoms in total. The minimum absolute atomic E-state index is 0.0599. The van der Waals surface area contributed by atoms with Crippen molar-refractivity contribution >= 4 is 29.7 Å². The highest BCUT2D eigenvalue weighted by Gasteiger charge is 2.56. The second-order valence-corrected chi connectivity index (χ2v) is 8.60. The number of halogens is 2. The Morgan fingerprint density at radius 1 is 0.971 bits per heavy atom. The van der Waals surface area contributed by atoms with Gasteiger partial charge in [0.15, 0.2) is 11.6 Å². The van der Waals surface area contributed by atoms with E-state index in [-0.39, 0.29) is 18.7 Å². The van der Waals surface area contributed by atoms with E-state index in [9.17, 15) is 14.4 Å². The molecule has 4 amide bonds. The van der Waals surface area contributed by atoms with E-state index in [4.69, 9.17) is 0 Å². The molecule has 3 heterocycles.